The Morgan fingerprint density at radius 1 is 1.18 bits per heavy atom. The number of rotatable bonds is 4. The molecule has 1 amide bonds. The lowest BCUT2D eigenvalue weighted by molar-refractivity contribution is -0.119. The van der Waals surface area contributed by atoms with Crippen LogP contribution in [0.15, 0.2) is 53.5 Å². The van der Waals surface area contributed by atoms with Gasteiger partial charge in [-0.1, -0.05) is 36.8 Å². The van der Waals surface area contributed by atoms with Crippen LogP contribution in [0.1, 0.15) is 18.1 Å². The lowest BCUT2D eigenvalue weighted by Gasteiger charge is -2.20. The fourth-order valence-corrected chi connectivity index (χ4v) is 3.56. The average Bonchev–Trinajstić information content (AvgIpc) is 3.08. The monoisotopic (exact) mass is 374 g/mol. The molecular formula is C22H22N4O2. The van der Waals surface area contributed by atoms with Gasteiger partial charge in [0.1, 0.15) is 12.1 Å². The quantitative estimate of drug-likeness (QED) is 0.595. The number of nitrogens with one attached hydrogen (secondary N) is 1. The molecule has 0 spiro atoms. The van der Waals surface area contributed by atoms with Crippen molar-refractivity contribution in [3.8, 4) is 0 Å². The summed E-state index contributed by atoms with van der Waals surface area (Å²) >= 11 is 0. The van der Waals surface area contributed by atoms with E-state index in [2.05, 4.69) is 17.0 Å². The third-order valence-corrected chi connectivity index (χ3v) is 5.16. The Morgan fingerprint density at radius 2 is 1.96 bits per heavy atom. The van der Waals surface area contributed by atoms with Crippen LogP contribution in [0.5, 0.6) is 0 Å². The van der Waals surface area contributed by atoms with E-state index in [1.54, 1.807) is 18.1 Å². The van der Waals surface area contributed by atoms with Gasteiger partial charge in [0.15, 0.2) is 0 Å². The molecule has 0 aliphatic heterocycles. The Kier molecular flexibility index (Phi) is 4.47. The number of aryl methyl sites for hydroxylation is 2. The summed E-state index contributed by atoms with van der Waals surface area (Å²) in [5.74, 6) is -0.193. The maximum atomic E-state index is 12.9. The van der Waals surface area contributed by atoms with Crippen molar-refractivity contribution in [1.82, 2.24) is 14.8 Å². The minimum absolute atomic E-state index is 0.113. The smallest absolute Gasteiger partial charge is 0.291 e. The van der Waals surface area contributed by atoms with Gasteiger partial charge >= 0.3 is 0 Å². The molecular weight excluding hydrogens is 352 g/mol. The summed E-state index contributed by atoms with van der Waals surface area (Å²) in [7, 11) is 1.73. The second-order valence-corrected chi connectivity index (χ2v) is 7.01. The summed E-state index contributed by atoms with van der Waals surface area (Å²) in [5.41, 5.74) is 4.11. The van der Waals surface area contributed by atoms with Crippen molar-refractivity contribution in [3.63, 3.8) is 0 Å². The second kappa shape index (κ2) is 6.96. The number of carbonyl (C=O) groups is 1. The topological polar surface area (TPSA) is 71.0 Å². The molecule has 28 heavy (non-hydrogen) atoms. The fourth-order valence-electron chi connectivity index (χ4n) is 3.56. The number of fused-ring (bicyclic) bond motifs is 3. The van der Waals surface area contributed by atoms with Crippen LogP contribution in [-0.2, 0) is 17.8 Å². The lowest BCUT2D eigenvalue weighted by atomic mass is 10.1. The number of carbonyl (C=O) groups excluding carboxylic acids is 1. The van der Waals surface area contributed by atoms with Gasteiger partial charge in [-0.2, -0.15) is 5.10 Å². The predicted molar refractivity (Wildman–Crippen MR) is 112 cm³/mol. The van der Waals surface area contributed by atoms with Crippen LogP contribution in [0.2, 0.25) is 0 Å². The van der Waals surface area contributed by atoms with E-state index in [9.17, 15) is 9.59 Å². The molecule has 4 rings (SSSR count). The number of H-pyrrole nitrogens is 1. The highest BCUT2D eigenvalue weighted by Crippen LogP contribution is 2.24. The van der Waals surface area contributed by atoms with E-state index >= 15 is 0 Å². The zero-order valence-electron chi connectivity index (χ0n) is 16.2. The number of para-hydroxylation sites is 1. The second-order valence-electron chi connectivity index (χ2n) is 7.01. The molecule has 2 aromatic carbocycles. The summed E-state index contributed by atoms with van der Waals surface area (Å²) in [4.78, 5) is 30.5. The Morgan fingerprint density at radius 3 is 2.75 bits per heavy atom. The van der Waals surface area contributed by atoms with Gasteiger partial charge in [-0.15, -0.1) is 0 Å². The first-order valence-electron chi connectivity index (χ1n) is 9.32. The first-order valence-corrected chi connectivity index (χ1v) is 9.32. The molecule has 0 saturated heterocycles. The Bertz CT molecular complexity index is 1250. The average molecular weight is 374 g/mol. The minimum atomic E-state index is -0.295. The molecule has 2 heterocycles. The lowest BCUT2D eigenvalue weighted by Crippen LogP contribution is -2.35. The number of aromatic amines is 1. The summed E-state index contributed by atoms with van der Waals surface area (Å²) in [6.07, 6.45) is 2.48. The van der Waals surface area contributed by atoms with E-state index in [0.29, 0.717) is 5.52 Å². The van der Waals surface area contributed by atoms with Gasteiger partial charge in [-0.05, 0) is 37.1 Å². The maximum absolute atomic E-state index is 12.9. The van der Waals surface area contributed by atoms with Crippen LogP contribution in [0.25, 0.3) is 21.8 Å². The fraction of sp³-hybridized carbons (Fsp3) is 0.227. The molecule has 0 fully saturated rings. The standard InChI is InChI=1S/C22H22N4O2/c1-4-15-7-5-6-8-19(15)25(3)20(27)13-26-22(28)21-17(12-23-26)16-11-14(2)9-10-18(16)24-21/h5-12,24H,4,13H2,1-3H3. The maximum Gasteiger partial charge on any atom is 0.291 e. The molecule has 0 aliphatic carbocycles. The Labute approximate surface area is 162 Å². The highest BCUT2D eigenvalue weighted by Gasteiger charge is 2.17. The van der Waals surface area contributed by atoms with Crippen molar-refractivity contribution < 1.29 is 4.79 Å². The molecule has 0 unspecified atom stereocenters. The molecule has 1 N–H and O–H groups in total. The van der Waals surface area contributed by atoms with Gasteiger partial charge in [-0.25, -0.2) is 4.68 Å². The number of nitrogens with zero attached hydrogens (tertiary/aromatic N) is 3. The van der Waals surface area contributed by atoms with E-state index < -0.39 is 0 Å². The van der Waals surface area contributed by atoms with Crippen LogP contribution >= 0.6 is 0 Å². The molecule has 0 radical (unpaired) electrons. The predicted octanol–water partition coefficient (Wildman–Crippen LogP) is 3.41. The van der Waals surface area contributed by atoms with E-state index in [4.69, 9.17) is 0 Å². The highest BCUT2D eigenvalue weighted by atomic mass is 16.2. The molecule has 0 aliphatic rings. The molecule has 4 aromatic rings. The first-order chi connectivity index (χ1) is 13.5. The number of benzene rings is 2. The van der Waals surface area contributed by atoms with Gasteiger partial charge in [0, 0.05) is 29.0 Å². The van der Waals surface area contributed by atoms with E-state index in [1.165, 1.54) is 4.68 Å². The Balaban J connectivity index is 1.70. The van der Waals surface area contributed by atoms with Crippen LogP contribution in [-0.4, -0.2) is 27.7 Å². The van der Waals surface area contributed by atoms with E-state index in [0.717, 1.165) is 39.5 Å². The van der Waals surface area contributed by atoms with Crippen LogP contribution in [0, 0.1) is 6.92 Å². The molecule has 6 heteroatoms. The van der Waals surface area contributed by atoms with Gasteiger partial charge in [0.05, 0.1) is 6.20 Å². The third kappa shape index (κ3) is 2.97. The van der Waals surface area contributed by atoms with Crippen LogP contribution in [0.3, 0.4) is 0 Å². The zero-order valence-corrected chi connectivity index (χ0v) is 16.2. The number of anilines is 1. The third-order valence-electron chi connectivity index (χ3n) is 5.16. The first kappa shape index (κ1) is 18.0. The summed E-state index contributed by atoms with van der Waals surface area (Å²) in [6.45, 7) is 3.95. The van der Waals surface area contributed by atoms with Crippen LogP contribution in [0.4, 0.5) is 5.69 Å². The zero-order chi connectivity index (χ0) is 19.8. The van der Waals surface area contributed by atoms with Gasteiger partial charge < -0.3 is 9.88 Å². The molecule has 0 atom stereocenters. The summed E-state index contributed by atoms with van der Waals surface area (Å²) < 4.78 is 1.22. The molecule has 6 nitrogen and oxygen atoms in total. The van der Waals surface area contributed by atoms with Crippen molar-refractivity contribution in [2.75, 3.05) is 11.9 Å². The molecule has 142 valence electrons. The van der Waals surface area contributed by atoms with E-state index in [-0.39, 0.29) is 18.0 Å². The number of hydrogen-bond donors (Lipinski definition) is 1. The van der Waals surface area contributed by atoms with Crippen molar-refractivity contribution in [2.24, 2.45) is 0 Å². The van der Waals surface area contributed by atoms with Crippen molar-refractivity contribution in [2.45, 2.75) is 26.8 Å². The number of amides is 1. The number of likely N-dealkylation sites (N-methyl/N-ethyl adjacent to an activating group) is 1. The normalized spacial score (nSPS) is 11.2. The summed E-state index contributed by atoms with van der Waals surface area (Å²) in [5, 5.41) is 5.99. The van der Waals surface area contributed by atoms with Crippen molar-refractivity contribution in [3.05, 3.63) is 70.1 Å². The van der Waals surface area contributed by atoms with Crippen LogP contribution < -0.4 is 10.5 Å². The number of aromatic nitrogens is 3. The largest absolute Gasteiger partial charge is 0.350 e. The van der Waals surface area contributed by atoms with Crippen molar-refractivity contribution >= 4 is 33.4 Å². The van der Waals surface area contributed by atoms with E-state index in [1.807, 2.05) is 49.4 Å². The molecule has 2 aromatic heterocycles. The molecule has 0 bridgehead atoms. The molecule has 0 saturated carbocycles. The summed E-state index contributed by atoms with van der Waals surface area (Å²) in [6, 6.07) is 13.8. The van der Waals surface area contributed by atoms with Gasteiger partial charge in [-0.3, -0.25) is 9.59 Å². The SMILES string of the molecule is CCc1ccccc1N(C)C(=O)Cn1ncc2c([nH]c3ccc(C)cc32)c1=O. The van der Waals surface area contributed by atoms with Crippen molar-refractivity contribution in [1.29, 1.82) is 0 Å². The van der Waals surface area contributed by atoms with Gasteiger partial charge in [0.2, 0.25) is 5.91 Å². The Hall–Kier alpha value is -3.41. The number of hydrogen-bond acceptors (Lipinski definition) is 3. The highest BCUT2D eigenvalue weighted by molar-refractivity contribution is 6.06. The van der Waals surface area contributed by atoms with Gasteiger partial charge in [0.25, 0.3) is 5.56 Å². The minimum Gasteiger partial charge on any atom is -0.350 e.